The number of pyridine rings is 1. The first kappa shape index (κ1) is 14.6. The van der Waals surface area contributed by atoms with Gasteiger partial charge in [0.2, 0.25) is 0 Å². The summed E-state index contributed by atoms with van der Waals surface area (Å²) in [7, 11) is -3.69. The second kappa shape index (κ2) is 5.66. The van der Waals surface area contributed by atoms with Crippen molar-refractivity contribution in [1.82, 2.24) is 4.98 Å². The molecule has 0 radical (unpaired) electrons. The molecule has 8 heteroatoms. The van der Waals surface area contributed by atoms with Crippen LogP contribution in [0.1, 0.15) is 0 Å². The van der Waals surface area contributed by atoms with Crippen LogP contribution in [0, 0.1) is 0 Å². The molecule has 0 fully saturated rings. The van der Waals surface area contributed by atoms with E-state index < -0.39 is 10.0 Å². The number of anilines is 1. The maximum atomic E-state index is 12.1. The van der Waals surface area contributed by atoms with E-state index in [1.54, 1.807) is 0 Å². The summed E-state index contributed by atoms with van der Waals surface area (Å²) in [4.78, 5) is 3.87. The van der Waals surface area contributed by atoms with E-state index in [4.69, 9.17) is 23.2 Å². The minimum absolute atomic E-state index is 0.0942. The second-order valence-corrected chi connectivity index (χ2v) is 6.88. The van der Waals surface area contributed by atoms with Crippen molar-refractivity contribution < 1.29 is 8.42 Å². The molecule has 2 rings (SSSR count). The molecule has 19 heavy (non-hydrogen) atoms. The molecule has 0 bridgehead atoms. The molecule has 0 aliphatic heterocycles. The van der Waals surface area contributed by atoms with E-state index >= 15 is 0 Å². The zero-order valence-corrected chi connectivity index (χ0v) is 13.2. The number of sulfonamides is 1. The third-order valence-corrected chi connectivity index (χ3v) is 4.98. The van der Waals surface area contributed by atoms with Gasteiger partial charge in [-0.1, -0.05) is 23.2 Å². The van der Waals surface area contributed by atoms with Crippen molar-refractivity contribution >= 4 is 54.8 Å². The van der Waals surface area contributed by atoms with Crippen LogP contribution < -0.4 is 4.72 Å². The number of nitrogens with one attached hydrogen (secondary N) is 1. The van der Waals surface area contributed by atoms with Crippen LogP contribution in [-0.2, 0) is 10.0 Å². The van der Waals surface area contributed by atoms with Crippen LogP contribution in [0.2, 0.25) is 10.2 Å². The van der Waals surface area contributed by atoms with E-state index in [2.05, 4.69) is 25.6 Å². The number of aromatic nitrogens is 1. The van der Waals surface area contributed by atoms with E-state index in [0.717, 1.165) is 0 Å². The summed E-state index contributed by atoms with van der Waals surface area (Å²) in [5.74, 6) is 0. The van der Waals surface area contributed by atoms with E-state index in [1.807, 2.05) is 0 Å². The standard InChI is InChI=1S/C11H7BrCl2N2O2S/c12-9-6-8(1-2-10(9)13)19(17,18)16-7-3-4-15-11(14)5-7/h1-6H,(H,15,16). The van der Waals surface area contributed by atoms with Gasteiger partial charge in [-0.2, -0.15) is 0 Å². The van der Waals surface area contributed by atoms with Gasteiger partial charge < -0.3 is 0 Å². The lowest BCUT2D eigenvalue weighted by atomic mass is 10.4. The van der Waals surface area contributed by atoms with Crippen molar-refractivity contribution in [3.63, 3.8) is 0 Å². The summed E-state index contributed by atoms with van der Waals surface area (Å²) < 4.78 is 27.2. The Morgan fingerprint density at radius 2 is 1.89 bits per heavy atom. The van der Waals surface area contributed by atoms with Crippen molar-refractivity contribution in [2.24, 2.45) is 0 Å². The third kappa shape index (κ3) is 3.60. The predicted molar refractivity (Wildman–Crippen MR) is 79.2 cm³/mol. The maximum Gasteiger partial charge on any atom is 0.261 e. The average Bonchev–Trinajstić information content (AvgIpc) is 2.32. The van der Waals surface area contributed by atoms with Crippen molar-refractivity contribution in [1.29, 1.82) is 0 Å². The summed E-state index contributed by atoms with van der Waals surface area (Å²) in [6, 6.07) is 7.27. The van der Waals surface area contributed by atoms with Crippen LogP contribution in [0.5, 0.6) is 0 Å². The number of hydrogen-bond donors (Lipinski definition) is 1. The summed E-state index contributed by atoms with van der Waals surface area (Å²) in [5, 5.41) is 0.642. The van der Waals surface area contributed by atoms with Gasteiger partial charge in [0.25, 0.3) is 10.0 Å². The Hall–Kier alpha value is -0.820. The second-order valence-electron chi connectivity index (χ2n) is 3.55. The molecule has 0 aliphatic rings. The van der Waals surface area contributed by atoms with Gasteiger partial charge in [0.1, 0.15) is 5.15 Å². The largest absolute Gasteiger partial charge is 0.279 e. The summed E-state index contributed by atoms with van der Waals surface area (Å²) >= 11 is 14.7. The minimum Gasteiger partial charge on any atom is -0.279 e. The van der Waals surface area contributed by atoms with E-state index in [-0.39, 0.29) is 10.0 Å². The highest BCUT2D eigenvalue weighted by atomic mass is 79.9. The Labute approximate surface area is 128 Å². The van der Waals surface area contributed by atoms with Gasteiger partial charge in [-0.25, -0.2) is 13.4 Å². The zero-order chi connectivity index (χ0) is 14.0. The lowest BCUT2D eigenvalue weighted by molar-refractivity contribution is 0.601. The molecule has 0 atom stereocenters. The Morgan fingerprint density at radius 1 is 1.16 bits per heavy atom. The van der Waals surface area contributed by atoms with Gasteiger partial charge in [-0.15, -0.1) is 0 Å². The fourth-order valence-electron chi connectivity index (χ4n) is 1.32. The summed E-state index contributed by atoms with van der Waals surface area (Å²) in [5.41, 5.74) is 0.339. The molecule has 1 aromatic heterocycles. The molecule has 100 valence electrons. The van der Waals surface area contributed by atoms with E-state index in [1.165, 1.54) is 36.5 Å². The van der Waals surface area contributed by atoms with Crippen LogP contribution in [0.15, 0.2) is 45.9 Å². The lowest BCUT2D eigenvalue weighted by Crippen LogP contribution is -2.13. The highest BCUT2D eigenvalue weighted by Crippen LogP contribution is 2.26. The molecule has 0 unspecified atom stereocenters. The third-order valence-electron chi connectivity index (χ3n) is 2.18. The van der Waals surface area contributed by atoms with Gasteiger partial charge in [0, 0.05) is 10.7 Å². The lowest BCUT2D eigenvalue weighted by Gasteiger charge is -2.08. The van der Waals surface area contributed by atoms with E-state index in [0.29, 0.717) is 15.2 Å². The molecule has 0 saturated carbocycles. The number of rotatable bonds is 3. The van der Waals surface area contributed by atoms with Gasteiger partial charge in [-0.3, -0.25) is 4.72 Å². The first-order valence-electron chi connectivity index (χ1n) is 4.98. The minimum atomic E-state index is -3.69. The number of halogens is 3. The van der Waals surface area contributed by atoms with Gasteiger partial charge >= 0.3 is 0 Å². The van der Waals surface area contributed by atoms with Crippen LogP contribution in [0.4, 0.5) is 5.69 Å². The van der Waals surface area contributed by atoms with Crippen LogP contribution in [0.3, 0.4) is 0 Å². The molecular formula is C11H7BrCl2N2O2S. The number of benzene rings is 1. The first-order chi connectivity index (χ1) is 8.88. The smallest absolute Gasteiger partial charge is 0.261 e. The fourth-order valence-corrected chi connectivity index (χ4v) is 3.22. The molecule has 4 nitrogen and oxygen atoms in total. The Balaban J connectivity index is 2.35. The van der Waals surface area contributed by atoms with Crippen molar-refractivity contribution in [2.45, 2.75) is 4.90 Å². The van der Waals surface area contributed by atoms with Crippen molar-refractivity contribution in [2.75, 3.05) is 4.72 Å². The Kier molecular flexibility index (Phi) is 4.35. The SMILES string of the molecule is O=S(=O)(Nc1ccnc(Cl)c1)c1ccc(Cl)c(Br)c1. The quantitative estimate of drug-likeness (QED) is 0.818. The Bertz CT molecular complexity index is 722. The van der Waals surface area contributed by atoms with Crippen LogP contribution in [0.25, 0.3) is 0 Å². The molecule has 1 N–H and O–H groups in total. The number of nitrogens with zero attached hydrogens (tertiary/aromatic N) is 1. The van der Waals surface area contributed by atoms with E-state index in [9.17, 15) is 8.42 Å². The average molecular weight is 382 g/mol. The molecule has 2 aromatic rings. The molecule has 0 spiro atoms. The molecule has 0 aliphatic carbocycles. The van der Waals surface area contributed by atoms with Crippen molar-refractivity contribution in [3.05, 3.63) is 51.2 Å². The topological polar surface area (TPSA) is 59.1 Å². The zero-order valence-electron chi connectivity index (χ0n) is 9.27. The number of hydrogen-bond acceptors (Lipinski definition) is 3. The fraction of sp³-hybridized carbons (Fsp3) is 0. The highest BCUT2D eigenvalue weighted by Gasteiger charge is 2.15. The van der Waals surface area contributed by atoms with Crippen LogP contribution in [-0.4, -0.2) is 13.4 Å². The highest BCUT2D eigenvalue weighted by molar-refractivity contribution is 9.10. The van der Waals surface area contributed by atoms with Gasteiger partial charge in [0.05, 0.1) is 15.6 Å². The van der Waals surface area contributed by atoms with Gasteiger partial charge in [0.15, 0.2) is 0 Å². The molecule has 1 heterocycles. The molecule has 1 aromatic carbocycles. The molecule has 0 saturated heterocycles. The molecular weight excluding hydrogens is 375 g/mol. The Morgan fingerprint density at radius 3 is 2.53 bits per heavy atom. The maximum absolute atomic E-state index is 12.1. The molecule has 0 amide bonds. The monoisotopic (exact) mass is 380 g/mol. The van der Waals surface area contributed by atoms with Gasteiger partial charge in [-0.05, 0) is 46.3 Å². The van der Waals surface area contributed by atoms with Crippen LogP contribution >= 0.6 is 39.1 Å². The first-order valence-corrected chi connectivity index (χ1v) is 8.01. The summed E-state index contributed by atoms with van der Waals surface area (Å²) in [6.45, 7) is 0. The van der Waals surface area contributed by atoms with Crippen molar-refractivity contribution in [3.8, 4) is 0 Å². The predicted octanol–water partition coefficient (Wildman–Crippen LogP) is 3.95. The summed E-state index contributed by atoms with van der Waals surface area (Å²) in [6.07, 6.45) is 1.41. The normalized spacial score (nSPS) is 11.3.